The van der Waals surface area contributed by atoms with Crippen LogP contribution in [0.1, 0.15) is 61.5 Å². The number of carbonyl (C=O) groups excluding carboxylic acids is 3. The van der Waals surface area contributed by atoms with Crippen LogP contribution in [0, 0.1) is 5.92 Å². The van der Waals surface area contributed by atoms with Gasteiger partial charge in [0.1, 0.15) is 0 Å². The molecule has 1 aliphatic heterocycles. The molecule has 0 N–H and O–H groups in total. The summed E-state index contributed by atoms with van der Waals surface area (Å²) in [7, 11) is 0. The Morgan fingerprint density at radius 3 is 2.31 bits per heavy atom. The zero-order valence-corrected chi connectivity index (χ0v) is 16.6. The minimum absolute atomic E-state index is 0.0605. The topological polar surface area (TPSA) is 94.6 Å². The van der Waals surface area contributed by atoms with Crippen LogP contribution in [0.15, 0.2) is 42.5 Å². The summed E-state index contributed by atoms with van der Waals surface area (Å²) in [5.41, 5.74) is 1.69. The van der Waals surface area contributed by atoms with Crippen molar-refractivity contribution in [3.63, 3.8) is 0 Å². The van der Waals surface area contributed by atoms with Crippen molar-refractivity contribution in [1.82, 2.24) is 4.90 Å². The maximum Gasteiger partial charge on any atom is 0.253 e. The molecule has 0 aromatic heterocycles. The van der Waals surface area contributed by atoms with Gasteiger partial charge in [-0.05, 0) is 43.4 Å². The van der Waals surface area contributed by atoms with Gasteiger partial charge < -0.3 is 9.45 Å². The number of likely N-dealkylation sites (tertiary alicyclic amines) is 1. The van der Waals surface area contributed by atoms with E-state index in [1.807, 2.05) is 0 Å². The van der Waals surface area contributed by atoms with E-state index in [9.17, 15) is 23.1 Å². The third-order valence-corrected chi connectivity index (χ3v) is 6.42. The molecule has 4 rings (SSSR count). The third kappa shape index (κ3) is 3.80. The molecule has 2 aromatic rings. The fourth-order valence-corrected chi connectivity index (χ4v) is 4.86. The Morgan fingerprint density at radius 2 is 1.62 bits per heavy atom. The Morgan fingerprint density at radius 1 is 0.966 bits per heavy atom. The Kier molecular flexibility index (Phi) is 5.43. The molecule has 1 aliphatic carbocycles. The number of hydrogen-bond donors (Lipinski definition) is 0. The van der Waals surface area contributed by atoms with Crippen LogP contribution >= 0.6 is 0 Å². The summed E-state index contributed by atoms with van der Waals surface area (Å²) in [5, 5.41) is 0. The smallest absolute Gasteiger partial charge is 0.253 e. The number of nitrogens with zero attached hydrogens (tertiary/aromatic N) is 1. The molecule has 1 amide bonds. The molecule has 2 aliphatic rings. The highest BCUT2D eigenvalue weighted by Crippen LogP contribution is 2.28. The molecule has 29 heavy (non-hydrogen) atoms. The Bertz CT molecular complexity index is 1030. The average Bonchev–Trinajstić information content (AvgIpc) is 2.96. The van der Waals surface area contributed by atoms with Gasteiger partial charge in [0.05, 0.1) is 0 Å². The van der Waals surface area contributed by atoms with Gasteiger partial charge in [-0.1, -0.05) is 35.3 Å². The first-order chi connectivity index (χ1) is 14.0. The van der Waals surface area contributed by atoms with Gasteiger partial charge in [-0.25, -0.2) is 0 Å². The van der Waals surface area contributed by atoms with Crippen molar-refractivity contribution in [2.24, 2.45) is 5.92 Å². The number of ketones is 2. The molecule has 0 bridgehead atoms. The first-order valence-electron chi connectivity index (χ1n) is 9.63. The van der Waals surface area contributed by atoms with E-state index in [4.69, 9.17) is 0 Å². The van der Waals surface area contributed by atoms with E-state index in [-0.39, 0.29) is 34.7 Å². The van der Waals surface area contributed by atoms with Crippen LogP contribution in [0.25, 0.3) is 0 Å². The van der Waals surface area contributed by atoms with E-state index >= 15 is 0 Å². The van der Waals surface area contributed by atoms with Gasteiger partial charge >= 0.3 is 0 Å². The molecule has 7 heteroatoms. The van der Waals surface area contributed by atoms with E-state index in [1.54, 1.807) is 41.3 Å². The van der Waals surface area contributed by atoms with Crippen molar-refractivity contribution < 1.29 is 23.1 Å². The summed E-state index contributed by atoms with van der Waals surface area (Å²) in [6.45, 7) is 1.03. The highest BCUT2D eigenvalue weighted by atomic mass is 32.2. The zero-order chi connectivity index (χ0) is 20.5. The standard InChI is InChI=1S/C22H21NO5S/c24-20-16-5-1-2-6-17(16)21(25)19-12-15(7-8-18(19)20)22(26)23-10-3-4-14(9-11-23)13-29(27)28/h1-2,5-8,12,14H,3-4,9-11,13H2,(H,27,28)/p-1/t14-/m0/s1. The number of fused-ring (bicyclic) bond motifs is 2. The summed E-state index contributed by atoms with van der Waals surface area (Å²) in [6.07, 6.45) is 2.14. The van der Waals surface area contributed by atoms with E-state index in [1.165, 1.54) is 6.07 Å². The summed E-state index contributed by atoms with van der Waals surface area (Å²) >= 11 is -2.08. The highest BCUT2D eigenvalue weighted by Gasteiger charge is 2.30. The molecular formula is C22H20NO5S-. The van der Waals surface area contributed by atoms with E-state index in [0.717, 1.165) is 12.8 Å². The lowest BCUT2D eigenvalue weighted by atomic mass is 9.83. The minimum Gasteiger partial charge on any atom is -0.772 e. The molecule has 1 fully saturated rings. The molecule has 150 valence electrons. The third-order valence-electron chi connectivity index (χ3n) is 5.68. The fraction of sp³-hybridized carbons (Fsp3) is 0.318. The van der Waals surface area contributed by atoms with Crippen molar-refractivity contribution in [2.45, 2.75) is 19.3 Å². The van der Waals surface area contributed by atoms with Crippen molar-refractivity contribution in [1.29, 1.82) is 0 Å². The molecule has 1 heterocycles. The highest BCUT2D eigenvalue weighted by molar-refractivity contribution is 7.79. The Balaban J connectivity index is 1.58. The fourth-order valence-electron chi connectivity index (χ4n) is 4.14. The quantitative estimate of drug-likeness (QED) is 0.619. The second-order valence-corrected chi connectivity index (χ2v) is 8.46. The minimum atomic E-state index is -2.08. The lowest BCUT2D eigenvalue weighted by Gasteiger charge is -2.22. The van der Waals surface area contributed by atoms with Gasteiger partial charge in [0.15, 0.2) is 11.6 Å². The molecule has 0 radical (unpaired) electrons. The molecule has 2 aromatic carbocycles. The number of amides is 1. The largest absolute Gasteiger partial charge is 0.772 e. The normalized spacial score (nSPS) is 19.9. The Labute approximate surface area is 171 Å². The number of carbonyl (C=O) groups is 3. The second kappa shape index (κ2) is 8.00. The first kappa shape index (κ1) is 19.7. The van der Waals surface area contributed by atoms with Crippen LogP contribution in [-0.4, -0.2) is 50.0 Å². The monoisotopic (exact) mass is 410 g/mol. The van der Waals surface area contributed by atoms with Crippen molar-refractivity contribution in [3.8, 4) is 0 Å². The van der Waals surface area contributed by atoms with Gasteiger partial charge in [-0.2, -0.15) is 0 Å². The average molecular weight is 410 g/mol. The van der Waals surface area contributed by atoms with Crippen LogP contribution in [0.5, 0.6) is 0 Å². The molecule has 2 atom stereocenters. The van der Waals surface area contributed by atoms with E-state index in [2.05, 4.69) is 0 Å². The SMILES string of the molecule is O=C1c2ccccc2C(=O)c2cc(C(=O)N3CCC[C@H](CS(=O)[O-])CC3)ccc21. The van der Waals surface area contributed by atoms with E-state index < -0.39 is 11.1 Å². The number of hydrogen-bond acceptors (Lipinski definition) is 5. The predicted octanol–water partition coefficient (Wildman–Crippen LogP) is 2.58. The van der Waals surface area contributed by atoms with E-state index in [0.29, 0.717) is 41.8 Å². The second-order valence-electron chi connectivity index (χ2n) is 7.52. The molecule has 6 nitrogen and oxygen atoms in total. The van der Waals surface area contributed by atoms with Gasteiger partial charge in [0.2, 0.25) is 0 Å². The predicted molar refractivity (Wildman–Crippen MR) is 107 cm³/mol. The van der Waals surface area contributed by atoms with Gasteiger partial charge in [0, 0.05) is 46.7 Å². The van der Waals surface area contributed by atoms with Gasteiger partial charge in [-0.15, -0.1) is 0 Å². The van der Waals surface area contributed by atoms with Gasteiger partial charge in [-0.3, -0.25) is 18.6 Å². The maximum absolute atomic E-state index is 13.0. The van der Waals surface area contributed by atoms with Crippen molar-refractivity contribution >= 4 is 28.6 Å². The summed E-state index contributed by atoms with van der Waals surface area (Å²) < 4.78 is 21.9. The maximum atomic E-state index is 13.0. The van der Waals surface area contributed by atoms with Crippen LogP contribution in [0.2, 0.25) is 0 Å². The summed E-state index contributed by atoms with van der Waals surface area (Å²) in [6, 6.07) is 11.4. The van der Waals surface area contributed by atoms with Gasteiger partial charge in [0.25, 0.3) is 5.91 Å². The lowest BCUT2D eigenvalue weighted by Crippen LogP contribution is -2.32. The number of benzene rings is 2. The zero-order valence-electron chi connectivity index (χ0n) is 15.8. The molecular weight excluding hydrogens is 390 g/mol. The molecule has 1 unspecified atom stereocenters. The Hall–Kier alpha value is -2.64. The van der Waals surface area contributed by atoms with Crippen LogP contribution in [0.3, 0.4) is 0 Å². The van der Waals surface area contributed by atoms with Crippen LogP contribution in [-0.2, 0) is 11.1 Å². The summed E-state index contributed by atoms with van der Waals surface area (Å²) in [4.78, 5) is 40.3. The molecule has 0 spiro atoms. The van der Waals surface area contributed by atoms with Crippen LogP contribution < -0.4 is 0 Å². The summed E-state index contributed by atoms with van der Waals surface area (Å²) in [5.74, 6) is -0.478. The van der Waals surface area contributed by atoms with Crippen molar-refractivity contribution in [2.75, 3.05) is 18.8 Å². The van der Waals surface area contributed by atoms with Crippen molar-refractivity contribution in [3.05, 3.63) is 70.3 Å². The molecule has 0 saturated carbocycles. The molecule has 1 saturated heterocycles. The van der Waals surface area contributed by atoms with Crippen LogP contribution in [0.4, 0.5) is 0 Å². The number of rotatable bonds is 3. The lowest BCUT2D eigenvalue weighted by molar-refractivity contribution is 0.0760. The first-order valence-corrected chi connectivity index (χ1v) is 10.9.